The van der Waals surface area contributed by atoms with Crippen LogP contribution in [0.2, 0.25) is 0 Å². The van der Waals surface area contributed by atoms with Crippen LogP contribution in [-0.2, 0) is 0 Å². The Balaban J connectivity index is 1.54. The molecular formula is C17H21N3O3. The van der Waals surface area contributed by atoms with Crippen LogP contribution >= 0.6 is 0 Å². The van der Waals surface area contributed by atoms with Crippen LogP contribution in [0.5, 0.6) is 0 Å². The van der Waals surface area contributed by atoms with Crippen molar-refractivity contribution in [1.82, 2.24) is 14.8 Å². The largest absolute Gasteiger partial charge is 0.459 e. The molecule has 0 atom stereocenters. The van der Waals surface area contributed by atoms with Crippen LogP contribution in [0.15, 0.2) is 28.9 Å². The van der Waals surface area contributed by atoms with E-state index < -0.39 is 0 Å². The van der Waals surface area contributed by atoms with E-state index in [0.29, 0.717) is 38.5 Å². The zero-order valence-corrected chi connectivity index (χ0v) is 13.5. The summed E-state index contributed by atoms with van der Waals surface area (Å²) in [5.74, 6) is 0.406. The molecular weight excluding hydrogens is 294 g/mol. The molecule has 1 N–H and O–H groups in total. The number of ketones is 1. The number of furan rings is 1. The number of aromatic nitrogens is 1. The summed E-state index contributed by atoms with van der Waals surface area (Å²) in [7, 11) is 0. The number of H-pyrrole nitrogens is 1. The SMILES string of the molecule is Cc1cc(C(=O)CN2CCN(C(=O)c3ccco3)CC2)c(C)[nH]1. The van der Waals surface area contributed by atoms with Crippen LogP contribution < -0.4 is 0 Å². The number of aromatic amines is 1. The predicted molar refractivity (Wildman–Crippen MR) is 85.6 cm³/mol. The highest BCUT2D eigenvalue weighted by Gasteiger charge is 2.25. The van der Waals surface area contributed by atoms with E-state index in [4.69, 9.17) is 4.42 Å². The highest BCUT2D eigenvalue weighted by atomic mass is 16.3. The number of hydrogen-bond donors (Lipinski definition) is 1. The van der Waals surface area contributed by atoms with Crippen molar-refractivity contribution in [2.75, 3.05) is 32.7 Å². The van der Waals surface area contributed by atoms with E-state index in [-0.39, 0.29) is 11.7 Å². The first-order chi connectivity index (χ1) is 11.0. The monoisotopic (exact) mass is 315 g/mol. The third-order valence-corrected chi connectivity index (χ3v) is 4.21. The number of nitrogens with zero attached hydrogens (tertiary/aromatic N) is 2. The topological polar surface area (TPSA) is 69.6 Å². The van der Waals surface area contributed by atoms with Crippen molar-refractivity contribution in [3.63, 3.8) is 0 Å². The second-order valence-electron chi connectivity index (χ2n) is 5.96. The Morgan fingerprint density at radius 2 is 1.96 bits per heavy atom. The Bertz CT molecular complexity index is 695. The quantitative estimate of drug-likeness (QED) is 0.875. The van der Waals surface area contributed by atoms with E-state index in [9.17, 15) is 9.59 Å². The van der Waals surface area contributed by atoms with E-state index in [1.807, 2.05) is 19.9 Å². The second kappa shape index (κ2) is 6.42. The van der Waals surface area contributed by atoms with Crippen molar-refractivity contribution in [2.45, 2.75) is 13.8 Å². The maximum absolute atomic E-state index is 12.4. The van der Waals surface area contributed by atoms with Gasteiger partial charge in [0, 0.05) is 43.1 Å². The first kappa shape index (κ1) is 15.6. The molecule has 0 aliphatic carbocycles. The van der Waals surface area contributed by atoms with Crippen LogP contribution in [0.3, 0.4) is 0 Å². The van der Waals surface area contributed by atoms with Crippen molar-refractivity contribution in [1.29, 1.82) is 0 Å². The summed E-state index contributed by atoms with van der Waals surface area (Å²) >= 11 is 0. The Morgan fingerprint density at radius 3 is 2.52 bits per heavy atom. The molecule has 0 bridgehead atoms. The van der Waals surface area contributed by atoms with Gasteiger partial charge in [0.15, 0.2) is 11.5 Å². The number of rotatable bonds is 4. The number of piperazine rings is 1. The van der Waals surface area contributed by atoms with Gasteiger partial charge >= 0.3 is 0 Å². The summed E-state index contributed by atoms with van der Waals surface area (Å²) in [6, 6.07) is 5.28. The van der Waals surface area contributed by atoms with E-state index >= 15 is 0 Å². The van der Waals surface area contributed by atoms with Crippen LogP contribution in [-0.4, -0.2) is 59.2 Å². The average molecular weight is 315 g/mol. The zero-order chi connectivity index (χ0) is 16.4. The molecule has 23 heavy (non-hydrogen) atoms. The van der Waals surface area contributed by atoms with Crippen LogP contribution in [0.4, 0.5) is 0 Å². The van der Waals surface area contributed by atoms with Crippen molar-refractivity contribution >= 4 is 11.7 Å². The molecule has 0 aromatic carbocycles. The molecule has 3 heterocycles. The maximum Gasteiger partial charge on any atom is 0.289 e. The fraction of sp³-hybridized carbons (Fsp3) is 0.412. The highest BCUT2D eigenvalue weighted by molar-refractivity contribution is 5.99. The van der Waals surface area contributed by atoms with Gasteiger partial charge in [-0.1, -0.05) is 0 Å². The van der Waals surface area contributed by atoms with Crippen molar-refractivity contribution in [2.24, 2.45) is 0 Å². The maximum atomic E-state index is 12.4. The van der Waals surface area contributed by atoms with Gasteiger partial charge in [-0.15, -0.1) is 0 Å². The standard InChI is InChI=1S/C17H21N3O3/c1-12-10-14(13(2)18-12)15(21)11-19-5-7-20(8-6-19)17(22)16-4-3-9-23-16/h3-4,9-10,18H,5-8,11H2,1-2H3. The summed E-state index contributed by atoms with van der Waals surface area (Å²) in [5, 5.41) is 0. The van der Waals surface area contributed by atoms with Gasteiger partial charge in [0.2, 0.25) is 0 Å². The molecule has 6 nitrogen and oxygen atoms in total. The molecule has 122 valence electrons. The number of hydrogen-bond acceptors (Lipinski definition) is 4. The molecule has 0 spiro atoms. The lowest BCUT2D eigenvalue weighted by Crippen LogP contribution is -2.49. The lowest BCUT2D eigenvalue weighted by atomic mass is 10.1. The van der Waals surface area contributed by atoms with Crippen molar-refractivity contribution in [3.8, 4) is 0 Å². The summed E-state index contributed by atoms with van der Waals surface area (Å²) in [6.07, 6.45) is 1.50. The first-order valence-corrected chi connectivity index (χ1v) is 7.79. The van der Waals surface area contributed by atoms with Gasteiger partial charge in [-0.05, 0) is 32.0 Å². The summed E-state index contributed by atoms with van der Waals surface area (Å²) in [4.78, 5) is 31.6. The van der Waals surface area contributed by atoms with E-state index in [1.165, 1.54) is 6.26 Å². The third-order valence-electron chi connectivity index (χ3n) is 4.21. The third kappa shape index (κ3) is 3.37. The summed E-state index contributed by atoms with van der Waals surface area (Å²) in [6.45, 7) is 6.86. The van der Waals surface area contributed by atoms with Crippen molar-refractivity contribution < 1.29 is 14.0 Å². The van der Waals surface area contributed by atoms with Gasteiger partial charge < -0.3 is 14.3 Å². The number of aryl methyl sites for hydroxylation is 2. The number of Topliss-reactive ketones (excluding diaryl/α,β-unsaturated/α-hetero) is 1. The second-order valence-corrected chi connectivity index (χ2v) is 5.96. The molecule has 3 rings (SSSR count). The molecule has 2 aromatic rings. The molecule has 6 heteroatoms. The molecule has 1 saturated heterocycles. The van der Waals surface area contributed by atoms with E-state index in [0.717, 1.165) is 17.0 Å². The van der Waals surface area contributed by atoms with Crippen molar-refractivity contribution in [3.05, 3.63) is 47.2 Å². The van der Waals surface area contributed by atoms with Gasteiger partial charge in [0.05, 0.1) is 12.8 Å². The highest BCUT2D eigenvalue weighted by Crippen LogP contribution is 2.13. The van der Waals surface area contributed by atoms with Gasteiger partial charge in [-0.2, -0.15) is 0 Å². The zero-order valence-electron chi connectivity index (χ0n) is 13.5. The van der Waals surface area contributed by atoms with E-state index in [1.54, 1.807) is 17.0 Å². The summed E-state index contributed by atoms with van der Waals surface area (Å²) < 4.78 is 5.15. The fourth-order valence-corrected chi connectivity index (χ4v) is 2.97. The van der Waals surface area contributed by atoms with E-state index in [2.05, 4.69) is 9.88 Å². The number of carbonyl (C=O) groups is 2. The minimum absolute atomic E-state index is 0.0851. The normalized spacial score (nSPS) is 15.8. The molecule has 2 aromatic heterocycles. The van der Waals surface area contributed by atoms with Gasteiger partial charge in [0.25, 0.3) is 5.91 Å². The first-order valence-electron chi connectivity index (χ1n) is 7.79. The lowest BCUT2D eigenvalue weighted by molar-refractivity contribution is 0.0596. The number of amides is 1. The van der Waals surface area contributed by atoms with Crippen LogP contribution in [0, 0.1) is 13.8 Å². The molecule has 1 aliphatic heterocycles. The molecule has 1 fully saturated rings. The number of carbonyl (C=O) groups excluding carboxylic acids is 2. The fourth-order valence-electron chi connectivity index (χ4n) is 2.97. The molecule has 1 aliphatic rings. The Morgan fingerprint density at radius 1 is 1.22 bits per heavy atom. The van der Waals surface area contributed by atoms with Gasteiger partial charge in [-0.3, -0.25) is 14.5 Å². The summed E-state index contributed by atoms with van der Waals surface area (Å²) in [5.41, 5.74) is 2.68. The molecule has 0 radical (unpaired) electrons. The molecule has 0 unspecified atom stereocenters. The smallest absolute Gasteiger partial charge is 0.289 e. The minimum Gasteiger partial charge on any atom is -0.459 e. The number of nitrogens with one attached hydrogen (secondary N) is 1. The molecule has 0 saturated carbocycles. The van der Waals surface area contributed by atoms with Crippen LogP contribution in [0.25, 0.3) is 0 Å². The lowest BCUT2D eigenvalue weighted by Gasteiger charge is -2.33. The van der Waals surface area contributed by atoms with Crippen LogP contribution in [0.1, 0.15) is 32.3 Å². The predicted octanol–water partition coefficient (Wildman–Crippen LogP) is 1.87. The van der Waals surface area contributed by atoms with Gasteiger partial charge in [-0.25, -0.2) is 0 Å². The minimum atomic E-state index is -0.0851. The average Bonchev–Trinajstić information content (AvgIpc) is 3.17. The Kier molecular flexibility index (Phi) is 4.34. The molecule has 1 amide bonds. The Hall–Kier alpha value is -2.34. The van der Waals surface area contributed by atoms with Gasteiger partial charge in [0.1, 0.15) is 0 Å². The Labute approximate surface area is 135 Å².